The number of furan rings is 1. The predicted octanol–water partition coefficient (Wildman–Crippen LogP) is 6.16. The first kappa shape index (κ1) is 16.1. The fourth-order valence-corrected chi connectivity index (χ4v) is 4.28. The van der Waals surface area contributed by atoms with Gasteiger partial charge in [-0.1, -0.05) is 36.4 Å². The highest BCUT2D eigenvalue weighted by Crippen LogP contribution is 2.41. The summed E-state index contributed by atoms with van der Waals surface area (Å²) in [5.74, 6) is 0. The predicted molar refractivity (Wildman–Crippen MR) is 112 cm³/mol. The Bertz CT molecular complexity index is 1360. The van der Waals surface area contributed by atoms with Crippen LogP contribution in [-0.2, 0) is 7.05 Å². The lowest BCUT2D eigenvalue weighted by atomic mass is 9.96. The smallest absolute Gasteiger partial charge is 0.216 e. The number of aryl methyl sites for hydroxylation is 4. The van der Waals surface area contributed by atoms with Crippen molar-refractivity contribution >= 4 is 32.7 Å². The lowest BCUT2D eigenvalue weighted by Gasteiger charge is -2.08. The van der Waals surface area contributed by atoms with Crippen molar-refractivity contribution in [2.24, 2.45) is 7.05 Å². The van der Waals surface area contributed by atoms with Crippen molar-refractivity contribution in [2.75, 3.05) is 0 Å². The molecule has 0 aliphatic heterocycles. The number of nitrogens with zero attached hydrogens (tertiary/aromatic N) is 1. The van der Waals surface area contributed by atoms with Crippen LogP contribution in [0.1, 0.15) is 16.7 Å². The molecule has 0 saturated heterocycles. The van der Waals surface area contributed by atoms with Crippen LogP contribution in [0.15, 0.2) is 65.2 Å². The van der Waals surface area contributed by atoms with Crippen molar-refractivity contribution in [2.45, 2.75) is 20.8 Å². The van der Waals surface area contributed by atoms with Crippen LogP contribution in [0.2, 0.25) is 0 Å². The van der Waals surface area contributed by atoms with Gasteiger partial charge in [0.1, 0.15) is 18.2 Å². The van der Waals surface area contributed by atoms with Crippen LogP contribution in [0.4, 0.5) is 0 Å². The minimum absolute atomic E-state index is 0.980. The zero-order valence-corrected chi connectivity index (χ0v) is 16.1. The maximum atomic E-state index is 6.59. The molecule has 27 heavy (non-hydrogen) atoms. The Morgan fingerprint density at radius 1 is 0.778 bits per heavy atom. The molecule has 3 aromatic carbocycles. The number of pyridine rings is 1. The SMILES string of the molecule is Cc1cc[n+](C)c(-c2c(C)cc(C)c3c2oc2c4ccccc4ccc23)c1. The second-order valence-electron chi connectivity index (χ2n) is 7.56. The minimum Gasteiger partial charge on any atom is -0.454 e. The van der Waals surface area contributed by atoms with Gasteiger partial charge in [-0.25, -0.2) is 4.57 Å². The molecule has 0 aliphatic rings. The average molecular weight is 352 g/mol. The van der Waals surface area contributed by atoms with E-state index in [2.05, 4.69) is 93.2 Å². The molecular weight excluding hydrogens is 330 g/mol. The summed E-state index contributed by atoms with van der Waals surface area (Å²) in [5, 5.41) is 4.79. The average Bonchev–Trinajstić information content (AvgIpc) is 3.04. The van der Waals surface area contributed by atoms with Crippen LogP contribution >= 0.6 is 0 Å². The normalized spacial score (nSPS) is 11.7. The molecule has 0 bridgehead atoms. The van der Waals surface area contributed by atoms with Gasteiger partial charge >= 0.3 is 0 Å². The lowest BCUT2D eigenvalue weighted by Crippen LogP contribution is -2.30. The van der Waals surface area contributed by atoms with Crippen molar-refractivity contribution < 1.29 is 8.98 Å². The fourth-order valence-electron chi connectivity index (χ4n) is 4.28. The Morgan fingerprint density at radius 3 is 2.44 bits per heavy atom. The van der Waals surface area contributed by atoms with Crippen molar-refractivity contribution in [1.82, 2.24) is 0 Å². The van der Waals surface area contributed by atoms with Gasteiger partial charge in [0.05, 0.1) is 5.56 Å². The topological polar surface area (TPSA) is 17.0 Å². The number of hydrogen-bond donors (Lipinski definition) is 0. The fraction of sp³-hybridized carbons (Fsp3) is 0.160. The second-order valence-corrected chi connectivity index (χ2v) is 7.56. The van der Waals surface area contributed by atoms with Crippen molar-refractivity contribution in [3.05, 3.63) is 77.5 Å². The van der Waals surface area contributed by atoms with Gasteiger partial charge < -0.3 is 4.42 Å². The van der Waals surface area contributed by atoms with E-state index in [4.69, 9.17) is 4.42 Å². The summed E-state index contributed by atoms with van der Waals surface area (Å²) in [6, 6.07) is 19.5. The van der Waals surface area contributed by atoms with E-state index in [1.807, 2.05) is 0 Å². The van der Waals surface area contributed by atoms with Gasteiger partial charge in [0.2, 0.25) is 5.69 Å². The number of fused-ring (bicyclic) bond motifs is 5. The largest absolute Gasteiger partial charge is 0.454 e. The molecule has 0 spiro atoms. The van der Waals surface area contributed by atoms with Gasteiger partial charge in [-0.2, -0.15) is 0 Å². The molecule has 5 rings (SSSR count). The third-order valence-corrected chi connectivity index (χ3v) is 5.59. The summed E-state index contributed by atoms with van der Waals surface area (Å²) in [4.78, 5) is 0. The third-order valence-electron chi connectivity index (χ3n) is 5.59. The molecule has 2 heteroatoms. The molecule has 0 amide bonds. The van der Waals surface area contributed by atoms with Crippen LogP contribution in [0.3, 0.4) is 0 Å². The summed E-state index contributed by atoms with van der Waals surface area (Å²) < 4.78 is 8.77. The van der Waals surface area contributed by atoms with E-state index in [1.54, 1.807) is 0 Å². The Kier molecular flexibility index (Phi) is 3.38. The molecule has 0 atom stereocenters. The molecule has 0 fully saturated rings. The van der Waals surface area contributed by atoms with Crippen LogP contribution in [0, 0.1) is 20.8 Å². The van der Waals surface area contributed by atoms with Gasteiger partial charge in [0, 0.05) is 28.3 Å². The molecule has 0 saturated carbocycles. The van der Waals surface area contributed by atoms with E-state index < -0.39 is 0 Å². The number of benzene rings is 3. The molecular formula is C25H22NO+. The summed E-state index contributed by atoms with van der Waals surface area (Å²) >= 11 is 0. The molecule has 5 aromatic rings. The van der Waals surface area contributed by atoms with Gasteiger partial charge in [-0.05, 0) is 48.9 Å². The Balaban J connectivity index is 2.00. The number of hydrogen-bond acceptors (Lipinski definition) is 1. The maximum absolute atomic E-state index is 6.59. The van der Waals surface area contributed by atoms with Crippen LogP contribution in [0.5, 0.6) is 0 Å². The Labute approximate surface area is 158 Å². The quantitative estimate of drug-likeness (QED) is 0.330. The maximum Gasteiger partial charge on any atom is 0.216 e. The zero-order valence-electron chi connectivity index (χ0n) is 16.1. The van der Waals surface area contributed by atoms with Crippen LogP contribution < -0.4 is 4.57 Å². The minimum atomic E-state index is 0.980. The van der Waals surface area contributed by atoms with E-state index in [1.165, 1.54) is 49.5 Å². The van der Waals surface area contributed by atoms with Crippen molar-refractivity contribution in [3.8, 4) is 11.3 Å². The van der Waals surface area contributed by atoms with E-state index in [0.717, 1.165) is 11.2 Å². The molecule has 2 nitrogen and oxygen atoms in total. The summed E-state index contributed by atoms with van der Waals surface area (Å²) in [5.41, 5.74) is 8.08. The molecule has 2 heterocycles. The standard InChI is InChI=1S/C25H22NO/c1-15-11-12-26(4)21(13-15)23-17(3)14-16(2)22-20-10-9-18-7-5-6-8-19(18)24(20)27-25(22)23/h5-14H,1-4H3/q+1. The third kappa shape index (κ3) is 2.30. The van der Waals surface area contributed by atoms with Gasteiger partial charge in [0.15, 0.2) is 6.20 Å². The highest BCUT2D eigenvalue weighted by molar-refractivity contribution is 6.18. The van der Waals surface area contributed by atoms with Crippen LogP contribution in [-0.4, -0.2) is 0 Å². The van der Waals surface area contributed by atoms with E-state index in [9.17, 15) is 0 Å². The summed E-state index contributed by atoms with van der Waals surface area (Å²) in [6.07, 6.45) is 2.12. The molecule has 132 valence electrons. The van der Waals surface area contributed by atoms with E-state index in [-0.39, 0.29) is 0 Å². The van der Waals surface area contributed by atoms with E-state index in [0.29, 0.717) is 0 Å². The molecule has 0 aliphatic carbocycles. The number of aromatic nitrogens is 1. The van der Waals surface area contributed by atoms with Crippen LogP contribution in [0.25, 0.3) is 44.0 Å². The van der Waals surface area contributed by atoms with Gasteiger partial charge in [-0.3, -0.25) is 0 Å². The Morgan fingerprint density at radius 2 is 1.59 bits per heavy atom. The first-order valence-electron chi connectivity index (χ1n) is 9.35. The summed E-state index contributed by atoms with van der Waals surface area (Å²) in [6.45, 7) is 6.49. The first-order chi connectivity index (χ1) is 13.0. The summed E-state index contributed by atoms with van der Waals surface area (Å²) in [7, 11) is 2.10. The van der Waals surface area contributed by atoms with Gasteiger partial charge in [-0.15, -0.1) is 0 Å². The molecule has 0 radical (unpaired) electrons. The van der Waals surface area contributed by atoms with Crippen molar-refractivity contribution in [3.63, 3.8) is 0 Å². The van der Waals surface area contributed by atoms with E-state index >= 15 is 0 Å². The van der Waals surface area contributed by atoms with Crippen molar-refractivity contribution in [1.29, 1.82) is 0 Å². The second kappa shape index (κ2) is 5.68. The molecule has 2 aromatic heterocycles. The first-order valence-corrected chi connectivity index (χ1v) is 9.35. The van der Waals surface area contributed by atoms with Gasteiger partial charge in [0.25, 0.3) is 0 Å². The monoisotopic (exact) mass is 352 g/mol. The lowest BCUT2D eigenvalue weighted by molar-refractivity contribution is -0.660. The number of rotatable bonds is 1. The molecule has 0 N–H and O–H groups in total. The highest BCUT2D eigenvalue weighted by atomic mass is 16.3. The molecule has 0 unspecified atom stereocenters. The Hall–Kier alpha value is -3.13. The highest BCUT2D eigenvalue weighted by Gasteiger charge is 2.22. The zero-order chi connectivity index (χ0) is 18.7.